The van der Waals surface area contributed by atoms with Crippen molar-refractivity contribution in [2.24, 2.45) is 21.7 Å². The Morgan fingerprint density at radius 1 is 0.346 bits per heavy atom. The SMILES string of the molecule is CC(C)(O)CCC(C)(C)C(C)(C)CCC(C)(C)C(C)(C)CCC(C)(C)O. The number of aliphatic hydroxyl groups is 2. The molecule has 0 amide bonds. The van der Waals surface area contributed by atoms with Crippen molar-refractivity contribution in [2.45, 2.75) is 133 Å². The van der Waals surface area contributed by atoms with E-state index >= 15 is 0 Å². The van der Waals surface area contributed by atoms with E-state index in [2.05, 4.69) is 55.4 Å². The number of hydrogen-bond donors (Lipinski definition) is 2. The molecule has 0 aliphatic carbocycles. The zero-order valence-electron chi connectivity index (χ0n) is 20.1. The molecular formula is C24H50O2. The summed E-state index contributed by atoms with van der Waals surface area (Å²) in [6.45, 7) is 26.6. The van der Waals surface area contributed by atoms with Crippen LogP contribution in [0.4, 0.5) is 0 Å². The van der Waals surface area contributed by atoms with E-state index in [0.717, 1.165) is 25.7 Å². The van der Waals surface area contributed by atoms with Crippen molar-refractivity contribution in [3.63, 3.8) is 0 Å². The topological polar surface area (TPSA) is 40.5 Å². The first-order valence-corrected chi connectivity index (χ1v) is 10.6. The maximum absolute atomic E-state index is 10.1. The smallest absolute Gasteiger partial charge is 0.0592 e. The largest absolute Gasteiger partial charge is 0.390 e. The van der Waals surface area contributed by atoms with Crippen molar-refractivity contribution >= 4 is 0 Å². The molecule has 0 spiro atoms. The normalized spacial score (nSPS) is 15.5. The maximum Gasteiger partial charge on any atom is 0.0592 e. The van der Waals surface area contributed by atoms with Gasteiger partial charge in [-0.25, -0.2) is 0 Å². The first kappa shape index (κ1) is 25.9. The Kier molecular flexibility index (Phi) is 8.09. The van der Waals surface area contributed by atoms with Gasteiger partial charge in [0.15, 0.2) is 0 Å². The fourth-order valence-corrected chi connectivity index (χ4v) is 3.22. The van der Waals surface area contributed by atoms with E-state index in [1.807, 2.05) is 27.7 Å². The van der Waals surface area contributed by atoms with Crippen LogP contribution in [0.1, 0.15) is 122 Å². The Balaban J connectivity index is 4.99. The summed E-state index contributed by atoms with van der Waals surface area (Å²) in [6, 6.07) is 0. The van der Waals surface area contributed by atoms with Gasteiger partial charge in [0, 0.05) is 0 Å². The first-order valence-electron chi connectivity index (χ1n) is 10.6. The summed E-state index contributed by atoms with van der Waals surface area (Å²) in [4.78, 5) is 0. The van der Waals surface area contributed by atoms with Gasteiger partial charge in [0.25, 0.3) is 0 Å². The molecule has 0 aromatic carbocycles. The zero-order chi connectivity index (χ0) is 21.2. The van der Waals surface area contributed by atoms with E-state index in [-0.39, 0.29) is 21.7 Å². The Hall–Kier alpha value is -0.0800. The Morgan fingerprint density at radius 2 is 0.500 bits per heavy atom. The van der Waals surface area contributed by atoms with Crippen LogP contribution in [0.5, 0.6) is 0 Å². The molecule has 0 aliphatic rings. The Bertz CT molecular complexity index is 386. The molecule has 0 saturated carbocycles. The van der Waals surface area contributed by atoms with Crippen molar-refractivity contribution in [2.75, 3.05) is 0 Å². The van der Waals surface area contributed by atoms with Crippen molar-refractivity contribution in [1.82, 2.24) is 0 Å². The lowest BCUT2D eigenvalue weighted by atomic mass is 9.57. The first-order chi connectivity index (χ1) is 11.1. The van der Waals surface area contributed by atoms with Crippen LogP contribution in [0, 0.1) is 21.7 Å². The van der Waals surface area contributed by atoms with Crippen molar-refractivity contribution in [3.8, 4) is 0 Å². The average molecular weight is 371 g/mol. The van der Waals surface area contributed by atoms with Crippen LogP contribution in [0.15, 0.2) is 0 Å². The van der Waals surface area contributed by atoms with Gasteiger partial charge in [-0.05, 0) is 87.9 Å². The molecule has 0 saturated heterocycles. The minimum Gasteiger partial charge on any atom is -0.390 e. The van der Waals surface area contributed by atoms with E-state index in [0.29, 0.717) is 0 Å². The van der Waals surface area contributed by atoms with E-state index in [1.54, 1.807) is 0 Å². The lowest BCUT2D eigenvalue weighted by Gasteiger charge is -2.48. The van der Waals surface area contributed by atoms with Gasteiger partial charge >= 0.3 is 0 Å². The molecule has 2 heteroatoms. The second-order valence-electron chi connectivity index (χ2n) is 12.7. The highest BCUT2D eigenvalue weighted by atomic mass is 16.3. The summed E-state index contributed by atoms with van der Waals surface area (Å²) in [5.41, 5.74) is -0.401. The summed E-state index contributed by atoms with van der Waals surface area (Å²) in [5.74, 6) is 0. The highest BCUT2D eigenvalue weighted by Gasteiger charge is 2.42. The second kappa shape index (κ2) is 8.11. The summed E-state index contributed by atoms with van der Waals surface area (Å²) in [6.07, 6.45) is 6.08. The third kappa shape index (κ3) is 8.30. The molecule has 0 unspecified atom stereocenters. The van der Waals surface area contributed by atoms with E-state index in [4.69, 9.17) is 0 Å². The number of rotatable bonds is 11. The van der Waals surface area contributed by atoms with Gasteiger partial charge in [0.05, 0.1) is 11.2 Å². The monoisotopic (exact) mass is 370 g/mol. The predicted molar refractivity (Wildman–Crippen MR) is 115 cm³/mol. The van der Waals surface area contributed by atoms with Gasteiger partial charge in [0.2, 0.25) is 0 Å². The molecule has 26 heavy (non-hydrogen) atoms. The van der Waals surface area contributed by atoms with Gasteiger partial charge in [0.1, 0.15) is 0 Å². The average Bonchev–Trinajstić information content (AvgIpc) is 2.39. The van der Waals surface area contributed by atoms with Crippen LogP contribution < -0.4 is 0 Å². The van der Waals surface area contributed by atoms with Crippen LogP contribution in [-0.4, -0.2) is 21.4 Å². The molecule has 158 valence electrons. The standard InChI is InChI=1S/C24H50O2/c1-19(2,21(5,6)15-17-23(9,10)25)13-14-20(3,4)22(7,8)16-18-24(11,12)26/h25-26H,13-18H2,1-12H3. The van der Waals surface area contributed by atoms with Gasteiger partial charge in [-0.2, -0.15) is 0 Å². The molecule has 0 aromatic rings. The Labute approximate surface area is 165 Å². The third-order valence-electron chi connectivity index (χ3n) is 7.76. The van der Waals surface area contributed by atoms with Crippen LogP contribution in [0.25, 0.3) is 0 Å². The summed E-state index contributed by atoms with van der Waals surface area (Å²) >= 11 is 0. The molecule has 0 aromatic heterocycles. The molecule has 0 heterocycles. The van der Waals surface area contributed by atoms with Crippen molar-refractivity contribution < 1.29 is 10.2 Å². The molecule has 0 fully saturated rings. The highest BCUT2D eigenvalue weighted by Crippen LogP contribution is 2.52. The Morgan fingerprint density at radius 3 is 0.654 bits per heavy atom. The third-order valence-corrected chi connectivity index (χ3v) is 7.76. The van der Waals surface area contributed by atoms with E-state index < -0.39 is 11.2 Å². The minimum absolute atomic E-state index is 0.181. The molecule has 0 aliphatic heterocycles. The predicted octanol–water partition coefficient (Wildman–Crippen LogP) is 6.97. The lowest BCUT2D eigenvalue weighted by molar-refractivity contribution is -0.00285. The van der Waals surface area contributed by atoms with Crippen molar-refractivity contribution in [3.05, 3.63) is 0 Å². The van der Waals surface area contributed by atoms with Crippen LogP contribution in [0.3, 0.4) is 0 Å². The van der Waals surface area contributed by atoms with Crippen LogP contribution in [0.2, 0.25) is 0 Å². The van der Waals surface area contributed by atoms with Crippen LogP contribution >= 0.6 is 0 Å². The van der Waals surface area contributed by atoms with Crippen molar-refractivity contribution in [1.29, 1.82) is 0 Å². The quantitative estimate of drug-likeness (QED) is 0.412. The second-order valence-corrected chi connectivity index (χ2v) is 12.7. The molecule has 2 N–H and O–H groups in total. The van der Waals surface area contributed by atoms with Gasteiger partial charge in [-0.15, -0.1) is 0 Å². The molecule has 0 rings (SSSR count). The molecule has 0 bridgehead atoms. The molecule has 0 atom stereocenters. The van der Waals surface area contributed by atoms with Gasteiger partial charge in [-0.3, -0.25) is 0 Å². The summed E-state index contributed by atoms with van der Waals surface area (Å²) in [5, 5.41) is 20.2. The van der Waals surface area contributed by atoms with E-state index in [9.17, 15) is 10.2 Å². The zero-order valence-corrected chi connectivity index (χ0v) is 20.1. The minimum atomic E-state index is -0.592. The summed E-state index contributed by atoms with van der Waals surface area (Å²) in [7, 11) is 0. The molecule has 2 nitrogen and oxygen atoms in total. The molecular weight excluding hydrogens is 320 g/mol. The maximum atomic E-state index is 10.1. The summed E-state index contributed by atoms with van der Waals surface area (Å²) < 4.78 is 0. The fraction of sp³-hybridized carbons (Fsp3) is 1.00. The van der Waals surface area contributed by atoms with Crippen LogP contribution in [-0.2, 0) is 0 Å². The van der Waals surface area contributed by atoms with E-state index in [1.165, 1.54) is 12.8 Å². The fourth-order valence-electron chi connectivity index (χ4n) is 3.22. The van der Waals surface area contributed by atoms with Gasteiger partial charge < -0.3 is 10.2 Å². The molecule has 0 radical (unpaired) electrons. The van der Waals surface area contributed by atoms with Gasteiger partial charge in [-0.1, -0.05) is 55.4 Å². The lowest BCUT2D eigenvalue weighted by Crippen LogP contribution is -2.39. The highest BCUT2D eigenvalue weighted by molar-refractivity contribution is 4.93. The number of hydrogen-bond acceptors (Lipinski definition) is 2.